The van der Waals surface area contributed by atoms with Gasteiger partial charge in [0.15, 0.2) is 0 Å². The van der Waals surface area contributed by atoms with Crippen LogP contribution in [0.2, 0.25) is 0 Å². The molecule has 2 N–H and O–H groups in total. The van der Waals surface area contributed by atoms with Crippen molar-refractivity contribution in [2.24, 2.45) is 5.73 Å². The Labute approximate surface area is 119 Å². The lowest BCUT2D eigenvalue weighted by Gasteiger charge is -2.19. The summed E-state index contributed by atoms with van der Waals surface area (Å²) in [4.78, 5) is 11.4. The van der Waals surface area contributed by atoms with Gasteiger partial charge in [-0.2, -0.15) is 4.31 Å². The number of nitrogens with two attached hydrogens (primary N) is 1. The number of methoxy groups -OCH3 is 1. The number of hydrogen-bond donors (Lipinski definition) is 1. The number of carbonyl (C=O) groups excluding carboxylic acids is 1. The van der Waals surface area contributed by atoms with Gasteiger partial charge in [0.05, 0.1) is 12.0 Å². The third-order valence-electron chi connectivity index (χ3n) is 2.91. The number of esters is 1. The van der Waals surface area contributed by atoms with Crippen molar-refractivity contribution in [3.63, 3.8) is 0 Å². The summed E-state index contributed by atoms with van der Waals surface area (Å²) in [5.74, 6) is -0.598. The summed E-state index contributed by atoms with van der Waals surface area (Å²) in [5, 5.41) is 0. The molecule has 6 nitrogen and oxygen atoms in total. The molecule has 1 rings (SSSR count). The fourth-order valence-electron chi connectivity index (χ4n) is 1.68. The lowest BCUT2D eigenvalue weighted by molar-refractivity contribution is -0.140. The van der Waals surface area contributed by atoms with E-state index in [0.717, 1.165) is 9.87 Å². The Balaban J connectivity index is 3.13. The zero-order valence-electron chi connectivity index (χ0n) is 11.9. The van der Waals surface area contributed by atoms with Crippen molar-refractivity contribution in [1.29, 1.82) is 0 Å². The molecule has 0 fully saturated rings. The second-order valence-electron chi connectivity index (χ2n) is 4.37. The van der Waals surface area contributed by atoms with E-state index in [9.17, 15) is 13.2 Å². The van der Waals surface area contributed by atoms with E-state index in [-0.39, 0.29) is 24.0 Å². The summed E-state index contributed by atoms with van der Waals surface area (Å²) >= 11 is 0. The quantitative estimate of drug-likeness (QED) is 0.788. The van der Waals surface area contributed by atoms with Crippen molar-refractivity contribution in [3.8, 4) is 0 Å². The highest BCUT2D eigenvalue weighted by Crippen LogP contribution is 2.19. The maximum Gasteiger partial charge on any atom is 0.321 e. The maximum absolute atomic E-state index is 12.5. The maximum atomic E-state index is 12.5. The largest absolute Gasteiger partial charge is 0.468 e. The molecule has 0 saturated heterocycles. The highest BCUT2D eigenvalue weighted by molar-refractivity contribution is 7.89. The van der Waals surface area contributed by atoms with Gasteiger partial charge < -0.3 is 10.5 Å². The number of benzene rings is 1. The predicted octanol–water partition coefficient (Wildman–Crippen LogP) is 0.890. The Morgan fingerprint density at radius 1 is 1.45 bits per heavy atom. The van der Waals surface area contributed by atoms with Gasteiger partial charge >= 0.3 is 5.97 Å². The van der Waals surface area contributed by atoms with Crippen LogP contribution in [-0.4, -0.2) is 38.9 Å². The zero-order chi connectivity index (χ0) is 15.3. The summed E-state index contributed by atoms with van der Waals surface area (Å²) in [5.41, 5.74) is 6.48. The van der Waals surface area contributed by atoms with Gasteiger partial charge in [-0.3, -0.25) is 4.79 Å². The summed E-state index contributed by atoms with van der Waals surface area (Å²) in [6.45, 7) is 3.31. The van der Waals surface area contributed by atoms with E-state index in [2.05, 4.69) is 4.74 Å². The van der Waals surface area contributed by atoms with Crippen LogP contribution in [0.25, 0.3) is 0 Å². The number of nitrogens with zero attached hydrogens (tertiary/aromatic N) is 1. The first-order valence-corrected chi connectivity index (χ1v) is 7.69. The molecule has 0 aliphatic rings. The van der Waals surface area contributed by atoms with Crippen molar-refractivity contribution in [2.75, 3.05) is 20.2 Å². The molecule has 7 heteroatoms. The van der Waals surface area contributed by atoms with Crippen LogP contribution in [0.1, 0.15) is 25.5 Å². The topological polar surface area (TPSA) is 89.7 Å². The molecule has 0 spiro atoms. The molecular formula is C13H20N2O4S. The normalized spacial score (nSPS) is 13.2. The summed E-state index contributed by atoms with van der Waals surface area (Å²) in [7, 11) is -2.51. The van der Waals surface area contributed by atoms with Crippen LogP contribution in [-0.2, 0) is 19.6 Å². The van der Waals surface area contributed by atoms with Gasteiger partial charge in [0.1, 0.15) is 6.54 Å². The van der Waals surface area contributed by atoms with E-state index in [1.165, 1.54) is 19.2 Å². The van der Waals surface area contributed by atoms with E-state index < -0.39 is 16.0 Å². The van der Waals surface area contributed by atoms with E-state index in [4.69, 9.17) is 5.73 Å². The minimum absolute atomic E-state index is 0.123. The molecule has 0 aliphatic heterocycles. The average Bonchev–Trinajstić information content (AvgIpc) is 2.44. The Bertz CT molecular complexity index is 569. The minimum Gasteiger partial charge on any atom is -0.468 e. The molecule has 1 atom stereocenters. The van der Waals surface area contributed by atoms with Crippen molar-refractivity contribution >= 4 is 16.0 Å². The fourth-order valence-corrected chi connectivity index (χ4v) is 3.13. The molecule has 1 aromatic carbocycles. The van der Waals surface area contributed by atoms with Crippen LogP contribution < -0.4 is 5.73 Å². The third-order valence-corrected chi connectivity index (χ3v) is 4.82. The second kappa shape index (κ2) is 6.83. The van der Waals surface area contributed by atoms with Gasteiger partial charge in [0.2, 0.25) is 10.0 Å². The van der Waals surface area contributed by atoms with E-state index in [1.807, 2.05) is 0 Å². The molecule has 0 heterocycles. The Morgan fingerprint density at radius 2 is 2.10 bits per heavy atom. The number of hydrogen-bond acceptors (Lipinski definition) is 5. The number of ether oxygens (including phenoxy) is 1. The molecule has 0 bridgehead atoms. The molecule has 20 heavy (non-hydrogen) atoms. The standard InChI is InChI=1S/C13H20N2O4S/c1-4-15(9-13(16)19-3)20(17,18)12-7-5-6-11(8-12)10(2)14/h5-8,10H,4,9,14H2,1-3H3. The molecule has 1 unspecified atom stereocenters. The summed E-state index contributed by atoms with van der Waals surface area (Å²) in [6.07, 6.45) is 0. The monoisotopic (exact) mass is 300 g/mol. The van der Waals surface area contributed by atoms with Crippen LogP contribution in [0.5, 0.6) is 0 Å². The molecule has 0 radical (unpaired) electrons. The van der Waals surface area contributed by atoms with Gasteiger partial charge in [-0.15, -0.1) is 0 Å². The van der Waals surface area contributed by atoms with E-state index in [0.29, 0.717) is 0 Å². The van der Waals surface area contributed by atoms with Gasteiger partial charge in [-0.1, -0.05) is 19.1 Å². The smallest absolute Gasteiger partial charge is 0.321 e. The van der Waals surface area contributed by atoms with Gasteiger partial charge in [0.25, 0.3) is 0 Å². The highest BCUT2D eigenvalue weighted by atomic mass is 32.2. The van der Waals surface area contributed by atoms with Gasteiger partial charge in [-0.25, -0.2) is 8.42 Å². The Kier molecular flexibility index (Phi) is 5.67. The lowest BCUT2D eigenvalue weighted by Crippen LogP contribution is -2.36. The molecule has 0 saturated carbocycles. The third kappa shape index (κ3) is 3.78. The van der Waals surface area contributed by atoms with Gasteiger partial charge in [-0.05, 0) is 24.6 Å². The number of carbonyl (C=O) groups is 1. The first-order chi connectivity index (χ1) is 9.32. The van der Waals surface area contributed by atoms with Crippen molar-refractivity contribution < 1.29 is 17.9 Å². The first-order valence-electron chi connectivity index (χ1n) is 6.25. The van der Waals surface area contributed by atoms with Crippen molar-refractivity contribution in [3.05, 3.63) is 29.8 Å². The summed E-state index contributed by atoms with van der Waals surface area (Å²) in [6, 6.07) is 6.15. The van der Waals surface area contributed by atoms with Crippen LogP contribution in [0.4, 0.5) is 0 Å². The second-order valence-corrected chi connectivity index (χ2v) is 6.31. The first kappa shape index (κ1) is 16.6. The SMILES string of the molecule is CCN(CC(=O)OC)S(=O)(=O)c1cccc(C(C)N)c1. The Hall–Kier alpha value is -1.44. The molecule has 0 amide bonds. The van der Waals surface area contributed by atoms with Crippen molar-refractivity contribution in [2.45, 2.75) is 24.8 Å². The molecular weight excluding hydrogens is 280 g/mol. The van der Waals surface area contributed by atoms with Gasteiger partial charge in [0, 0.05) is 12.6 Å². The molecule has 112 valence electrons. The number of sulfonamides is 1. The Morgan fingerprint density at radius 3 is 2.60 bits per heavy atom. The van der Waals surface area contributed by atoms with E-state index >= 15 is 0 Å². The van der Waals surface area contributed by atoms with Crippen LogP contribution in [0.15, 0.2) is 29.2 Å². The number of likely N-dealkylation sites (N-methyl/N-ethyl adjacent to an activating group) is 1. The van der Waals surface area contributed by atoms with Crippen molar-refractivity contribution in [1.82, 2.24) is 4.31 Å². The van der Waals surface area contributed by atoms with Crippen LogP contribution >= 0.6 is 0 Å². The van der Waals surface area contributed by atoms with E-state index in [1.54, 1.807) is 26.0 Å². The average molecular weight is 300 g/mol. The van der Waals surface area contributed by atoms with Crippen LogP contribution in [0, 0.1) is 0 Å². The lowest BCUT2D eigenvalue weighted by atomic mass is 10.1. The van der Waals surface area contributed by atoms with Crippen LogP contribution in [0.3, 0.4) is 0 Å². The zero-order valence-corrected chi connectivity index (χ0v) is 12.7. The fraction of sp³-hybridized carbons (Fsp3) is 0.462. The molecule has 0 aromatic heterocycles. The molecule has 0 aliphatic carbocycles. The molecule has 1 aromatic rings. The minimum atomic E-state index is -3.74. The predicted molar refractivity (Wildman–Crippen MR) is 75.5 cm³/mol. The number of rotatable bonds is 6. The highest BCUT2D eigenvalue weighted by Gasteiger charge is 2.25. The summed E-state index contributed by atoms with van der Waals surface area (Å²) < 4.78 is 30.5.